The van der Waals surface area contributed by atoms with Crippen molar-refractivity contribution in [1.82, 2.24) is 4.90 Å². The van der Waals surface area contributed by atoms with Crippen molar-refractivity contribution in [3.8, 4) is 0 Å². The Hall–Kier alpha value is -1.63. The summed E-state index contributed by atoms with van der Waals surface area (Å²) in [6, 6.07) is 0. The maximum absolute atomic E-state index is 12.3. The molecule has 0 bridgehead atoms. The van der Waals surface area contributed by atoms with Gasteiger partial charge in [0.2, 0.25) is 0 Å². The number of methoxy groups -OCH3 is 1. The van der Waals surface area contributed by atoms with Crippen molar-refractivity contribution in [2.24, 2.45) is 5.92 Å². The lowest BCUT2D eigenvalue weighted by atomic mass is 9.78. The Kier molecular flexibility index (Phi) is 3.97. The first-order valence-electron chi connectivity index (χ1n) is 6.87. The van der Waals surface area contributed by atoms with Gasteiger partial charge in [0.1, 0.15) is 11.5 Å². The molecule has 1 atom stereocenters. The minimum absolute atomic E-state index is 0.155. The van der Waals surface area contributed by atoms with Crippen molar-refractivity contribution in [3.05, 3.63) is 0 Å². The zero-order chi connectivity index (χ0) is 15.8. The molecular weight excluding hydrogens is 278 g/mol. The SMILES string of the molecule is COC(=O)C1CC2(COC2)N(C(=O)OC(C)(C)C)CC1=O. The van der Waals surface area contributed by atoms with Crippen molar-refractivity contribution in [2.45, 2.75) is 38.3 Å². The van der Waals surface area contributed by atoms with Crippen LogP contribution in [0.2, 0.25) is 0 Å². The Labute approximate surface area is 123 Å². The average molecular weight is 299 g/mol. The van der Waals surface area contributed by atoms with E-state index < -0.39 is 29.1 Å². The van der Waals surface area contributed by atoms with Gasteiger partial charge < -0.3 is 14.2 Å². The van der Waals surface area contributed by atoms with Crippen LogP contribution < -0.4 is 0 Å². The van der Waals surface area contributed by atoms with Crippen molar-refractivity contribution in [3.63, 3.8) is 0 Å². The molecular formula is C14H21NO6. The smallest absolute Gasteiger partial charge is 0.411 e. The average Bonchev–Trinajstić information content (AvgIpc) is 2.33. The van der Waals surface area contributed by atoms with Gasteiger partial charge in [-0.1, -0.05) is 0 Å². The number of esters is 1. The summed E-state index contributed by atoms with van der Waals surface area (Å²) in [6.07, 6.45) is -0.333. The van der Waals surface area contributed by atoms with Crippen LogP contribution in [-0.4, -0.2) is 60.8 Å². The quantitative estimate of drug-likeness (QED) is 0.525. The maximum Gasteiger partial charge on any atom is 0.411 e. The molecule has 2 saturated heterocycles. The van der Waals surface area contributed by atoms with E-state index in [-0.39, 0.29) is 18.7 Å². The standard InChI is InChI=1S/C14H21NO6/c1-13(2,3)21-12(18)15-6-10(16)9(11(17)19-4)5-14(15)7-20-8-14/h9H,5-8H2,1-4H3. The Morgan fingerprint density at radius 2 is 1.95 bits per heavy atom. The molecule has 2 rings (SSSR count). The molecule has 1 spiro atoms. The number of nitrogens with zero attached hydrogens (tertiary/aromatic N) is 1. The fourth-order valence-corrected chi connectivity index (χ4v) is 2.58. The van der Waals surface area contributed by atoms with Crippen LogP contribution in [-0.2, 0) is 23.8 Å². The van der Waals surface area contributed by atoms with Crippen LogP contribution in [0, 0.1) is 5.92 Å². The van der Waals surface area contributed by atoms with Crippen molar-refractivity contribution in [1.29, 1.82) is 0 Å². The highest BCUT2D eigenvalue weighted by molar-refractivity contribution is 6.02. The van der Waals surface area contributed by atoms with Crippen LogP contribution in [0.25, 0.3) is 0 Å². The highest BCUT2D eigenvalue weighted by Crippen LogP contribution is 2.37. The zero-order valence-electron chi connectivity index (χ0n) is 12.8. The van der Waals surface area contributed by atoms with Gasteiger partial charge in [0.15, 0.2) is 5.78 Å². The summed E-state index contributed by atoms with van der Waals surface area (Å²) in [5.41, 5.74) is -1.29. The number of carbonyl (C=O) groups is 3. The second kappa shape index (κ2) is 5.29. The predicted octanol–water partition coefficient (Wildman–Crippen LogP) is 0.754. The van der Waals surface area contributed by atoms with Gasteiger partial charge in [-0.25, -0.2) is 4.79 Å². The Morgan fingerprint density at radius 1 is 1.33 bits per heavy atom. The summed E-state index contributed by atoms with van der Waals surface area (Å²) >= 11 is 0. The van der Waals surface area contributed by atoms with Crippen molar-refractivity contribution >= 4 is 17.8 Å². The molecule has 21 heavy (non-hydrogen) atoms. The molecule has 118 valence electrons. The van der Waals surface area contributed by atoms with Gasteiger partial charge in [-0.3, -0.25) is 14.5 Å². The minimum atomic E-state index is -0.836. The number of piperidine rings is 1. The first kappa shape index (κ1) is 15.8. The molecule has 0 radical (unpaired) electrons. The molecule has 0 aromatic rings. The third-order valence-electron chi connectivity index (χ3n) is 3.70. The van der Waals surface area contributed by atoms with Gasteiger partial charge >= 0.3 is 12.1 Å². The van der Waals surface area contributed by atoms with E-state index in [0.717, 1.165) is 0 Å². The monoisotopic (exact) mass is 299 g/mol. The molecule has 0 N–H and O–H groups in total. The van der Waals surface area contributed by atoms with E-state index in [4.69, 9.17) is 9.47 Å². The number of hydrogen-bond donors (Lipinski definition) is 0. The number of likely N-dealkylation sites (tertiary alicyclic amines) is 1. The maximum atomic E-state index is 12.3. The van der Waals surface area contributed by atoms with Crippen LogP contribution in [0.3, 0.4) is 0 Å². The lowest BCUT2D eigenvalue weighted by molar-refractivity contribution is -0.177. The first-order valence-corrected chi connectivity index (χ1v) is 6.87. The summed E-state index contributed by atoms with van der Waals surface area (Å²) in [6.45, 7) is 5.73. The third kappa shape index (κ3) is 3.02. The first-order chi connectivity index (χ1) is 9.68. The van der Waals surface area contributed by atoms with E-state index in [1.54, 1.807) is 20.8 Å². The minimum Gasteiger partial charge on any atom is -0.468 e. The molecule has 1 unspecified atom stereocenters. The van der Waals surface area contributed by atoms with Gasteiger partial charge in [-0.2, -0.15) is 0 Å². The van der Waals surface area contributed by atoms with Gasteiger partial charge in [-0.05, 0) is 27.2 Å². The Balaban J connectivity index is 2.18. The van der Waals surface area contributed by atoms with Crippen LogP contribution in [0.4, 0.5) is 4.79 Å². The number of ether oxygens (including phenoxy) is 3. The number of carbonyl (C=O) groups excluding carboxylic acids is 3. The fraction of sp³-hybridized carbons (Fsp3) is 0.786. The normalized spacial score (nSPS) is 24.5. The largest absolute Gasteiger partial charge is 0.468 e. The molecule has 0 aromatic heterocycles. The van der Waals surface area contributed by atoms with Gasteiger partial charge in [0, 0.05) is 0 Å². The van der Waals surface area contributed by atoms with Gasteiger partial charge in [-0.15, -0.1) is 0 Å². The summed E-state index contributed by atoms with van der Waals surface area (Å²) in [4.78, 5) is 37.5. The van der Waals surface area contributed by atoms with Gasteiger partial charge in [0.05, 0.1) is 32.4 Å². The van der Waals surface area contributed by atoms with Crippen molar-refractivity contribution < 1.29 is 28.6 Å². The van der Waals surface area contributed by atoms with Gasteiger partial charge in [0.25, 0.3) is 0 Å². The Morgan fingerprint density at radius 3 is 2.38 bits per heavy atom. The molecule has 7 heteroatoms. The molecule has 2 aliphatic heterocycles. The summed E-state index contributed by atoms with van der Waals surface area (Å²) in [5, 5.41) is 0. The molecule has 7 nitrogen and oxygen atoms in total. The molecule has 2 fully saturated rings. The highest BCUT2D eigenvalue weighted by Gasteiger charge is 2.55. The molecule has 2 heterocycles. The molecule has 2 aliphatic rings. The molecule has 1 amide bonds. The summed E-state index contributed by atoms with van der Waals surface area (Å²) < 4.78 is 15.2. The zero-order valence-corrected chi connectivity index (χ0v) is 12.8. The number of rotatable bonds is 1. The highest BCUT2D eigenvalue weighted by atomic mass is 16.6. The number of ketones is 1. The number of hydrogen-bond acceptors (Lipinski definition) is 6. The fourth-order valence-electron chi connectivity index (χ4n) is 2.58. The topological polar surface area (TPSA) is 82.1 Å². The predicted molar refractivity (Wildman–Crippen MR) is 71.6 cm³/mol. The van der Waals surface area contributed by atoms with E-state index in [1.165, 1.54) is 12.0 Å². The van der Waals surface area contributed by atoms with E-state index >= 15 is 0 Å². The number of amides is 1. The molecule has 0 saturated carbocycles. The van der Waals surface area contributed by atoms with E-state index in [1.807, 2.05) is 0 Å². The summed E-state index contributed by atoms with van der Waals surface area (Å²) in [7, 11) is 1.25. The van der Waals surface area contributed by atoms with E-state index in [9.17, 15) is 14.4 Å². The van der Waals surface area contributed by atoms with Crippen molar-refractivity contribution in [2.75, 3.05) is 26.9 Å². The lowest BCUT2D eigenvalue weighted by Gasteiger charge is -2.52. The second-order valence-corrected chi connectivity index (χ2v) is 6.53. The molecule has 0 aliphatic carbocycles. The van der Waals surface area contributed by atoms with Crippen LogP contribution >= 0.6 is 0 Å². The van der Waals surface area contributed by atoms with Crippen LogP contribution in [0.1, 0.15) is 27.2 Å². The molecule has 0 aromatic carbocycles. The van der Waals surface area contributed by atoms with E-state index in [2.05, 4.69) is 4.74 Å². The van der Waals surface area contributed by atoms with Crippen LogP contribution in [0.15, 0.2) is 0 Å². The lowest BCUT2D eigenvalue weighted by Crippen LogP contribution is -2.70. The van der Waals surface area contributed by atoms with E-state index in [0.29, 0.717) is 13.2 Å². The van der Waals surface area contributed by atoms with Crippen LogP contribution in [0.5, 0.6) is 0 Å². The second-order valence-electron chi connectivity index (χ2n) is 6.53. The number of Topliss-reactive ketones (excluding diaryl/α,β-unsaturated/α-hetero) is 1. The third-order valence-corrected chi connectivity index (χ3v) is 3.70. The Bertz CT molecular complexity index is 463. The summed E-state index contributed by atoms with van der Waals surface area (Å²) in [5.74, 6) is -1.72.